The third kappa shape index (κ3) is 9.50. The molecule has 0 aromatic heterocycles. The van der Waals surface area contributed by atoms with Gasteiger partial charge in [0.1, 0.15) is 0 Å². The van der Waals surface area contributed by atoms with Crippen molar-refractivity contribution in [3.05, 3.63) is 106 Å². The molecule has 0 unspecified atom stereocenters. The summed E-state index contributed by atoms with van der Waals surface area (Å²) < 4.78 is 0. The van der Waals surface area contributed by atoms with Crippen molar-refractivity contribution in [3.63, 3.8) is 0 Å². The second-order valence-corrected chi connectivity index (χ2v) is 10.4. The number of nitrogens with one attached hydrogen (secondary N) is 2. The number of hydrogen-bond acceptors (Lipinski definition) is 4. The van der Waals surface area contributed by atoms with Crippen molar-refractivity contribution in [2.45, 2.75) is 58.7 Å². The molecule has 2 amide bonds. The molecule has 208 valence electrons. The lowest BCUT2D eigenvalue weighted by molar-refractivity contribution is 0.0755. The Bertz CT molecular complexity index is 1200. The van der Waals surface area contributed by atoms with E-state index in [4.69, 9.17) is 11.6 Å². The van der Waals surface area contributed by atoms with E-state index in [1.807, 2.05) is 74.2 Å². The van der Waals surface area contributed by atoms with E-state index in [1.165, 1.54) is 0 Å². The highest BCUT2D eigenvalue weighted by atomic mass is 35.5. The smallest absolute Gasteiger partial charge is 0.253 e. The highest BCUT2D eigenvalue weighted by molar-refractivity contribution is 6.30. The van der Waals surface area contributed by atoms with Crippen LogP contribution in [0.3, 0.4) is 0 Å². The number of aliphatic hydroxyl groups excluding tert-OH is 1. The lowest BCUT2D eigenvalue weighted by Crippen LogP contribution is -2.48. The number of carbonyl (C=O) groups excluding carboxylic acids is 2. The minimum absolute atomic E-state index is 0.0701. The Morgan fingerprint density at radius 3 is 2.18 bits per heavy atom. The number of hydrogen-bond donors (Lipinski definition) is 3. The number of aliphatic hydroxyl groups is 1. The van der Waals surface area contributed by atoms with Gasteiger partial charge in [0.05, 0.1) is 12.1 Å². The van der Waals surface area contributed by atoms with Gasteiger partial charge < -0.3 is 20.6 Å². The van der Waals surface area contributed by atoms with E-state index in [-0.39, 0.29) is 11.8 Å². The summed E-state index contributed by atoms with van der Waals surface area (Å²) >= 11 is 6.06. The van der Waals surface area contributed by atoms with Gasteiger partial charge in [-0.25, -0.2) is 0 Å². The Labute approximate surface area is 237 Å². The fourth-order valence-corrected chi connectivity index (χ4v) is 4.71. The average Bonchev–Trinajstić information content (AvgIpc) is 2.93. The van der Waals surface area contributed by atoms with Gasteiger partial charge in [0, 0.05) is 42.3 Å². The minimum atomic E-state index is -0.844. The zero-order valence-corrected chi connectivity index (χ0v) is 23.9. The van der Waals surface area contributed by atoms with Gasteiger partial charge in [0.2, 0.25) is 0 Å². The molecule has 0 saturated heterocycles. The van der Waals surface area contributed by atoms with E-state index in [2.05, 4.69) is 10.6 Å². The Balaban J connectivity index is 1.77. The average molecular weight is 550 g/mol. The molecule has 0 aliphatic rings. The molecule has 3 rings (SSSR count). The first-order valence-corrected chi connectivity index (χ1v) is 14.1. The van der Waals surface area contributed by atoms with Gasteiger partial charge in [0.15, 0.2) is 0 Å². The van der Waals surface area contributed by atoms with Crippen LogP contribution in [0.5, 0.6) is 0 Å². The van der Waals surface area contributed by atoms with Crippen molar-refractivity contribution in [3.8, 4) is 0 Å². The summed E-state index contributed by atoms with van der Waals surface area (Å²) in [6.45, 7) is 8.23. The predicted molar refractivity (Wildman–Crippen MR) is 158 cm³/mol. The van der Waals surface area contributed by atoms with Gasteiger partial charge in [0.25, 0.3) is 11.8 Å². The maximum atomic E-state index is 13.5. The molecule has 3 N–H and O–H groups in total. The monoisotopic (exact) mass is 549 g/mol. The fourth-order valence-electron chi connectivity index (χ4n) is 4.59. The first-order chi connectivity index (χ1) is 18.8. The van der Waals surface area contributed by atoms with Gasteiger partial charge in [-0.05, 0) is 73.2 Å². The molecule has 0 aliphatic carbocycles. The first-order valence-electron chi connectivity index (χ1n) is 13.7. The Morgan fingerprint density at radius 2 is 1.54 bits per heavy atom. The largest absolute Gasteiger partial charge is 0.390 e. The van der Waals surface area contributed by atoms with Gasteiger partial charge in [-0.15, -0.1) is 0 Å². The normalized spacial score (nSPS) is 12.5. The van der Waals surface area contributed by atoms with Crippen LogP contribution in [0.15, 0.2) is 72.8 Å². The highest BCUT2D eigenvalue weighted by Gasteiger charge is 2.24. The summed E-state index contributed by atoms with van der Waals surface area (Å²) in [7, 11) is 0. The maximum Gasteiger partial charge on any atom is 0.253 e. The molecule has 2 atom stereocenters. The number of halogens is 1. The number of nitrogens with zero attached hydrogens (tertiary/aromatic N) is 1. The summed E-state index contributed by atoms with van der Waals surface area (Å²) in [5, 5.41) is 18.1. The minimum Gasteiger partial charge on any atom is -0.390 e. The highest BCUT2D eigenvalue weighted by Crippen LogP contribution is 2.16. The van der Waals surface area contributed by atoms with Gasteiger partial charge >= 0.3 is 0 Å². The topological polar surface area (TPSA) is 81.7 Å². The summed E-state index contributed by atoms with van der Waals surface area (Å²) in [6, 6.07) is 22.0. The van der Waals surface area contributed by atoms with Gasteiger partial charge in [-0.2, -0.15) is 0 Å². The lowest BCUT2D eigenvalue weighted by atomic mass is 9.99. The molecule has 0 aliphatic heterocycles. The third-order valence-electron chi connectivity index (χ3n) is 6.54. The lowest BCUT2D eigenvalue weighted by Gasteiger charge is -2.25. The van der Waals surface area contributed by atoms with Crippen LogP contribution in [-0.2, 0) is 13.0 Å². The molecule has 0 saturated carbocycles. The summed E-state index contributed by atoms with van der Waals surface area (Å²) in [5.41, 5.74) is 3.79. The Kier molecular flexibility index (Phi) is 12.0. The summed E-state index contributed by atoms with van der Waals surface area (Å²) in [5.74, 6) is -0.398. The van der Waals surface area contributed by atoms with Crippen molar-refractivity contribution >= 4 is 23.4 Å². The molecule has 0 fully saturated rings. The Hall–Kier alpha value is -3.19. The van der Waals surface area contributed by atoms with Crippen LogP contribution >= 0.6 is 11.6 Å². The predicted octanol–water partition coefficient (Wildman–Crippen LogP) is 5.40. The summed E-state index contributed by atoms with van der Waals surface area (Å²) in [6.07, 6.45) is 1.32. The first kappa shape index (κ1) is 30.4. The number of amides is 2. The second-order valence-electron chi connectivity index (χ2n) is 9.97. The molecule has 0 spiro atoms. The van der Waals surface area contributed by atoms with Crippen molar-refractivity contribution in [1.29, 1.82) is 0 Å². The zero-order valence-electron chi connectivity index (χ0n) is 23.1. The van der Waals surface area contributed by atoms with Gasteiger partial charge in [-0.3, -0.25) is 9.59 Å². The number of aryl methyl sites for hydroxylation is 1. The molecule has 0 radical (unpaired) electrons. The van der Waals surface area contributed by atoms with Crippen LogP contribution in [0.25, 0.3) is 0 Å². The van der Waals surface area contributed by atoms with E-state index >= 15 is 0 Å². The van der Waals surface area contributed by atoms with E-state index < -0.39 is 12.1 Å². The molecule has 3 aromatic carbocycles. The number of benzene rings is 3. The quantitative estimate of drug-likeness (QED) is 0.251. The van der Waals surface area contributed by atoms with Crippen LogP contribution < -0.4 is 10.6 Å². The number of carbonyl (C=O) groups is 2. The maximum absolute atomic E-state index is 13.5. The zero-order chi connectivity index (χ0) is 28.2. The standard InChI is InChI=1S/C32H40ClN3O3/c1-4-15-36(16-5-2)32(39)27-18-23(3)17-26(20-27)31(38)35-29(19-24-11-13-28(33)14-12-24)30(37)22-34-21-25-9-7-6-8-10-25/h6-14,17-18,20,29-30,34,37H,4-5,15-16,19,21-22H2,1-3H3,(H,35,38)/t29-,30+/m0/s1. The third-order valence-corrected chi connectivity index (χ3v) is 6.79. The molecule has 7 heteroatoms. The fraction of sp³-hybridized carbons (Fsp3) is 0.375. The second kappa shape index (κ2) is 15.4. The summed E-state index contributed by atoms with van der Waals surface area (Å²) in [4.78, 5) is 28.5. The molecule has 3 aromatic rings. The molecule has 0 bridgehead atoms. The SMILES string of the molecule is CCCN(CCC)C(=O)c1cc(C)cc(C(=O)N[C@@H](Cc2ccc(Cl)cc2)[C@H](O)CNCc2ccccc2)c1. The molecule has 39 heavy (non-hydrogen) atoms. The van der Waals surface area contributed by atoms with E-state index in [9.17, 15) is 14.7 Å². The van der Waals surface area contributed by atoms with Crippen molar-refractivity contribution in [2.75, 3.05) is 19.6 Å². The molecule has 0 heterocycles. The molecular weight excluding hydrogens is 510 g/mol. The Morgan fingerprint density at radius 1 is 0.897 bits per heavy atom. The van der Waals surface area contributed by atoms with Crippen LogP contribution in [0, 0.1) is 6.92 Å². The van der Waals surface area contributed by atoms with E-state index in [0.717, 1.165) is 29.5 Å². The van der Waals surface area contributed by atoms with Crippen LogP contribution in [0.2, 0.25) is 5.02 Å². The number of rotatable bonds is 14. The molecule has 6 nitrogen and oxygen atoms in total. The van der Waals surface area contributed by atoms with Crippen molar-refractivity contribution < 1.29 is 14.7 Å². The van der Waals surface area contributed by atoms with Crippen LogP contribution in [-0.4, -0.2) is 53.6 Å². The molecular formula is C32H40ClN3O3. The van der Waals surface area contributed by atoms with Crippen LogP contribution in [0.1, 0.15) is 64.1 Å². The van der Waals surface area contributed by atoms with E-state index in [1.54, 1.807) is 24.3 Å². The van der Waals surface area contributed by atoms with Crippen LogP contribution in [0.4, 0.5) is 0 Å². The van der Waals surface area contributed by atoms with Crippen molar-refractivity contribution in [1.82, 2.24) is 15.5 Å². The van der Waals surface area contributed by atoms with Gasteiger partial charge in [-0.1, -0.05) is 67.9 Å². The van der Waals surface area contributed by atoms with Crippen molar-refractivity contribution in [2.24, 2.45) is 0 Å². The van der Waals surface area contributed by atoms with E-state index in [0.29, 0.717) is 48.7 Å².